The van der Waals surface area contributed by atoms with E-state index in [4.69, 9.17) is 10.7 Å². The van der Waals surface area contributed by atoms with E-state index >= 15 is 0 Å². The predicted octanol–water partition coefficient (Wildman–Crippen LogP) is 2.55. The van der Waals surface area contributed by atoms with Crippen LogP contribution in [-0.4, -0.2) is 10.5 Å². The van der Waals surface area contributed by atoms with Gasteiger partial charge in [-0.2, -0.15) is 0 Å². The first-order chi connectivity index (χ1) is 6.94. The summed E-state index contributed by atoms with van der Waals surface area (Å²) in [6, 6.07) is 0. The van der Waals surface area contributed by atoms with Gasteiger partial charge in [-0.05, 0) is 39.0 Å². The third-order valence-corrected chi connectivity index (χ3v) is 3.96. The Balaban J connectivity index is 2.16. The maximum Gasteiger partial charge on any atom is 0.0949 e. The van der Waals surface area contributed by atoms with E-state index in [1.165, 1.54) is 28.4 Å². The second-order valence-corrected chi connectivity index (χ2v) is 6.66. The third-order valence-electron chi connectivity index (χ3n) is 2.84. The molecular weight excluding hydrogens is 204 g/mol. The molecule has 3 heteroatoms. The van der Waals surface area contributed by atoms with Crippen LogP contribution in [0.3, 0.4) is 0 Å². The summed E-state index contributed by atoms with van der Waals surface area (Å²) in [6.45, 7) is 6.46. The summed E-state index contributed by atoms with van der Waals surface area (Å²) in [7, 11) is 0. The van der Waals surface area contributed by atoms with Crippen LogP contribution in [-0.2, 0) is 19.3 Å². The summed E-state index contributed by atoms with van der Waals surface area (Å²) in [6.07, 6.45) is 4.58. The lowest BCUT2D eigenvalue weighted by Crippen LogP contribution is -2.34. The average Bonchev–Trinajstić information content (AvgIpc) is 2.42. The van der Waals surface area contributed by atoms with E-state index in [0.29, 0.717) is 0 Å². The molecule has 0 bridgehead atoms. The summed E-state index contributed by atoms with van der Waals surface area (Å²) in [5.74, 6) is 0.830. The molecule has 15 heavy (non-hydrogen) atoms. The molecule has 2 nitrogen and oxygen atoms in total. The zero-order chi connectivity index (χ0) is 11.1. The molecule has 2 N–H and O–H groups in total. The molecule has 1 aromatic heterocycles. The molecule has 1 atom stereocenters. The van der Waals surface area contributed by atoms with E-state index in [-0.39, 0.29) is 5.54 Å². The minimum absolute atomic E-state index is 0.133. The molecular formula is C12H20N2S. The van der Waals surface area contributed by atoms with Gasteiger partial charge in [0, 0.05) is 16.8 Å². The predicted molar refractivity (Wildman–Crippen MR) is 65.3 cm³/mol. The van der Waals surface area contributed by atoms with Crippen molar-refractivity contribution in [1.29, 1.82) is 0 Å². The second kappa shape index (κ2) is 3.87. The molecule has 1 unspecified atom stereocenters. The van der Waals surface area contributed by atoms with Crippen LogP contribution in [0, 0.1) is 5.92 Å². The van der Waals surface area contributed by atoms with Gasteiger partial charge in [-0.25, -0.2) is 4.98 Å². The Morgan fingerprint density at radius 2 is 2.27 bits per heavy atom. The van der Waals surface area contributed by atoms with Crippen molar-refractivity contribution in [3.05, 3.63) is 15.6 Å². The summed E-state index contributed by atoms with van der Waals surface area (Å²) in [5, 5.41) is 1.22. The van der Waals surface area contributed by atoms with Crippen molar-refractivity contribution in [1.82, 2.24) is 4.98 Å². The van der Waals surface area contributed by atoms with Crippen LogP contribution in [0.4, 0.5) is 0 Å². The highest BCUT2D eigenvalue weighted by Gasteiger charge is 2.21. The Morgan fingerprint density at radius 3 is 2.93 bits per heavy atom. The number of hydrogen-bond acceptors (Lipinski definition) is 3. The number of aryl methyl sites for hydroxylation is 1. The molecule has 84 valence electrons. The van der Waals surface area contributed by atoms with Gasteiger partial charge >= 0.3 is 0 Å². The Morgan fingerprint density at radius 1 is 1.53 bits per heavy atom. The topological polar surface area (TPSA) is 38.9 Å². The molecule has 0 fully saturated rings. The van der Waals surface area contributed by atoms with E-state index in [2.05, 4.69) is 20.8 Å². The second-order valence-electron chi connectivity index (χ2n) is 5.49. The molecule has 1 aliphatic rings. The first-order valence-electron chi connectivity index (χ1n) is 5.70. The van der Waals surface area contributed by atoms with Gasteiger partial charge in [0.05, 0.1) is 10.7 Å². The third kappa shape index (κ3) is 2.79. The van der Waals surface area contributed by atoms with E-state index in [0.717, 1.165) is 18.8 Å². The highest BCUT2D eigenvalue weighted by molar-refractivity contribution is 7.11. The van der Waals surface area contributed by atoms with Gasteiger partial charge in [-0.1, -0.05) is 6.92 Å². The number of nitrogens with zero attached hydrogens (tertiary/aromatic N) is 1. The van der Waals surface area contributed by atoms with E-state index in [9.17, 15) is 0 Å². The molecule has 0 aromatic carbocycles. The van der Waals surface area contributed by atoms with Crippen LogP contribution in [0.25, 0.3) is 0 Å². The quantitative estimate of drug-likeness (QED) is 0.838. The van der Waals surface area contributed by atoms with Crippen molar-refractivity contribution in [2.75, 3.05) is 0 Å². The number of aromatic nitrogens is 1. The van der Waals surface area contributed by atoms with Crippen LogP contribution in [0.15, 0.2) is 0 Å². The number of thiazole rings is 1. The molecule has 2 rings (SSSR count). The van der Waals surface area contributed by atoms with Crippen LogP contribution in [0.2, 0.25) is 0 Å². The van der Waals surface area contributed by atoms with Crippen molar-refractivity contribution in [2.45, 2.75) is 52.0 Å². The largest absolute Gasteiger partial charge is 0.325 e. The fourth-order valence-corrected chi connectivity index (χ4v) is 3.58. The molecule has 0 spiro atoms. The van der Waals surface area contributed by atoms with Gasteiger partial charge in [0.2, 0.25) is 0 Å². The van der Waals surface area contributed by atoms with Crippen LogP contribution in [0.5, 0.6) is 0 Å². The maximum absolute atomic E-state index is 6.02. The van der Waals surface area contributed by atoms with Crippen molar-refractivity contribution in [3.63, 3.8) is 0 Å². The molecule has 0 saturated heterocycles. The Bertz CT molecular complexity index is 349. The zero-order valence-corrected chi connectivity index (χ0v) is 10.7. The maximum atomic E-state index is 6.02. The molecule has 0 aliphatic heterocycles. The first-order valence-corrected chi connectivity index (χ1v) is 6.52. The van der Waals surface area contributed by atoms with E-state index in [1.807, 2.05) is 11.3 Å². The van der Waals surface area contributed by atoms with Gasteiger partial charge in [0.25, 0.3) is 0 Å². The molecule has 0 radical (unpaired) electrons. The number of hydrogen-bond donors (Lipinski definition) is 1. The molecule has 1 heterocycles. The van der Waals surface area contributed by atoms with Crippen LogP contribution in [0.1, 0.15) is 42.8 Å². The Hall–Kier alpha value is -0.410. The van der Waals surface area contributed by atoms with E-state index < -0.39 is 0 Å². The smallest absolute Gasteiger partial charge is 0.0949 e. The van der Waals surface area contributed by atoms with Gasteiger partial charge < -0.3 is 5.73 Å². The molecule has 1 aromatic rings. The molecule has 0 saturated carbocycles. The van der Waals surface area contributed by atoms with Crippen LogP contribution >= 0.6 is 11.3 Å². The van der Waals surface area contributed by atoms with Gasteiger partial charge in [-0.3, -0.25) is 0 Å². The highest BCUT2D eigenvalue weighted by Crippen LogP contribution is 2.30. The zero-order valence-electron chi connectivity index (χ0n) is 9.84. The molecule has 0 amide bonds. The van der Waals surface area contributed by atoms with Crippen LogP contribution < -0.4 is 5.73 Å². The monoisotopic (exact) mass is 224 g/mol. The Labute approximate surface area is 95.9 Å². The summed E-state index contributed by atoms with van der Waals surface area (Å²) in [4.78, 5) is 6.22. The SMILES string of the molecule is CC1CCc2nc(CC(C)(C)N)sc2C1. The van der Waals surface area contributed by atoms with Crippen molar-refractivity contribution < 1.29 is 0 Å². The average molecular weight is 224 g/mol. The standard InChI is InChI=1S/C12H20N2S/c1-8-4-5-9-10(6-8)15-11(14-9)7-12(2,3)13/h8H,4-7,13H2,1-3H3. The van der Waals surface area contributed by atoms with Gasteiger partial charge in [0.15, 0.2) is 0 Å². The lowest BCUT2D eigenvalue weighted by molar-refractivity contribution is 0.497. The Kier molecular flexibility index (Phi) is 2.86. The number of rotatable bonds is 2. The summed E-state index contributed by atoms with van der Waals surface area (Å²) >= 11 is 1.87. The summed E-state index contributed by atoms with van der Waals surface area (Å²) in [5.41, 5.74) is 7.23. The van der Waals surface area contributed by atoms with Gasteiger partial charge in [0.1, 0.15) is 0 Å². The van der Waals surface area contributed by atoms with E-state index in [1.54, 1.807) is 0 Å². The normalized spacial score (nSPS) is 21.5. The van der Waals surface area contributed by atoms with Crippen molar-refractivity contribution in [3.8, 4) is 0 Å². The lowest BCUT2D eigenvalue weighted by atomic mass is 9.93. The van der Waals surface area contributed by atoms with Crippen molar-refractivity contribution >= 4 is 11.3 Å². The van der Waals surface area contributed by atoms with Gasteiger partial charge in [-0.15, -0.1) is 11.3 Å². The lowest BCUT2D eigenvalue weighted by Gasteiger charge is -2.15. The molecule has 1 aliphatic carbocycles. The number of nitrogens with two attached hydrogens (primary N) is 1. The number of fused-ring (bicyclic) bond motifs is 1. The first kappa shape index (κ1) is 11.1. The fourth-order valence-electron chi connectivity index (χ4n) is 2.06. The fraction of sp³-hybridized carbons (Fsp3) is 0.750. The minimum Gasteiger partial charge on any atom is -0.325 e. The minimum atomic E-state index is -0.133. The summed E-state index contributed by atoms with van der Waals surface area (Å²) < 4.78 is 0. The van der Waals surface area contributed by atoms with Crippen molar-refractivity contribution in [2.24, 2.45) is 11.7 Å². The highest BCUT2D eigenvalue weighted by atomic mass is 32.1.